The van der Waals surface area contributed by atoms with Crippen LogP contribution in [0.3, 0.4) is 0 Å². The van der Waals surface area contributed by atoms with E-state index in [1.54, 1.807) is 0 Å². The molecule has 0 saturated carbocycles. The van der Waals surface area contributed by atoms with E-state index in [1.165, 1.54) is 19.1 Å². The third-order valence-corrected chi connectivity index (χ3v) is 3.62. The van der Waals surface area contributed by atoms with Gasteiger partial charge in [0, 0.05) is 6.04 Å². The lowest BCUT2D eigenvalue weighted by molar-refractivity contribution is -0.275. The zero-order chi connectivity index (χ0) is 14.7. The van der Waals surface area contributed by atoms with Crippen molar-refractivity contribution in [2.75, 3.05) is 6.61 Å². The lowest BCUT2D eigenvalue weighted by atomic mass is 10.3. The number of para-hydroxylation sites is 1. The van der Waals surface area contributed by atoms with E-state index >= 15 is 0 Å². The van der Waals surface area contributed by atoms with Gasteiger partial charge in [0.05, 0.1) is 6.61 Å². The number of aliphatic hydroxyl groups excluding tert-OH is 1. The van der Waals surface area contributed by atoms with E-state index in [2.05, 4.69) is 4.74 Å². The summed E-state index contributed by atoms with van der Waals surface area (Å²) in [6, 6.07) is 3.53. The van der Waals surface area contributed by atoms with Gasteiger partial charge in [-0.3, -0.25) is 0 Å². The highest BCUT2D eigenvalue weighted by atomic mass is 32.2. The molecule has 0 aliphatic carbocycles. The second-order valence-corrected chi connectivity index (χ2v) is 5.38. The predicted molar refractivity (Wildman–Crippen MR) is 60.0 cm³/mol. The third-order valence-electron chi connectivity index (χ3n) is 1.99. The predicted octanol–water partition coefficient (Wildman–Crippen LogP) is 1.24. The fourth-order valence-electron chi connectivity index (χ4n) is 1.25. The monoisotopic (exact) mass is 299 g/mol. The molecule has 0 amide bonds. The molecule has 0 heterocycles. The Morgan fingerprint density at radius 1 is 1.37 bits per heavy atom. The van der Waals surface area contributed by atoms with Gasteiger partial charge in [-0.1, -0.05) is 12.1 Å². The molecule has 1 rings (SSSR count). The van der Waals surface area contributed by atoms with Gasteiger partial charge in [-0.25, -0.2) is 13.1 Å². The molecule has 9 heteroatoms. The van der Waals surface area contributed by atoms with Crippen LogP contribution in [-0.4, -0.2) is 32.5 Å². The van der Waals surface area contributed by atoms with Gasteiger partial charge in [0.2, 0.25) is 10.0 Å². The summed E-state index contributed by atoms with van der Waals surface area (Å²) in [4.78, 5) is -0.646. The van der Waals surface area contributed by atoms with E-state index in [-0.39, 0.29) is 0 Å². The summed E-state index contributed by atoms with van der Waals surface area (Å²) in [6.07, 6.45) is -4.99. The first-order chi connectivity index (χ1) is 8.65. The standard InChI is InChI=1S/C10H12F3NO4S/c1-7(6-15)14-19(16,17)9-5-3-2-4-8(9)18-10(11,12)13/h2-5,7,14-15H,6H2,1H3. The molecule has 0 bridgehead atoms. The number of rotatable bonds is 5. The molecule has 1 atom stereocenters. The first-order valence-corrected chi connectivity index (χ1v) is 6.62. The van der Waals surface area contributed by atoms with Gasteiger partial charge in [-0.2, -0.15) is 0 Å². The molecule has 0 aliphatic rings. The van der Waals surface area contributed by atoms with Crippen LogP contribution in [-0.2, 0) is 10.0 Å². The molecule has 5 nitrogen and oxygen atoms in total. The van der Waals surface area contributed by atoms with Crippen LogP contribution >= 0.6 is 0 Å². The highest BCUT2D eigenvalue weighted by Gasteiger charge is 2.34. The zero-order valence-electron chi connectivity index (χ0n) is 9.81. The molecule has 0 saturated heterocycles. The Morgan fingerprint density at radius 2 is 1.95 bits per heavy atom. The quantitative estimate of drug-likeness (QED) is 0.858. The molecule has 0 spiro atoms. The summed E-state index contributed by atoms with van der Waals surface area (Å²) in [5, 5.41) is 8.76. The van der Waals surface area contributed by atoms with E-state index in [0.717, 1.165) is 12.1 Å². The van der Waals surface area contributed by atoms with Gasteiger partial charge < -0.3 is 9.84 Å². The minimum atomic E-state index is -4.99. The van der Waals surface area contributed by atoms with Crippen LogP contribution in [0.15, 0.2) is 29.2 Å². The smallest absolute Gasteiger partial charge is 0.404 e. The molecule has 1 unspecified atom stereocenters. The zero-order valence-corrected chi connectivity index (χ0v) is 10.6. The number of hydrogen-bond donors (Lipinski definition) is 2. The Morgan fingerprint density at radius 3 is 2.47 bits per heavy atom. The fourth-order valence-corrected chi connectivity index (χ4v) is 2.61. The van der Waals surface area contributed by atoms with Crippen molar-refractivity contribution in [1.82, 2.24) is 4.72 Å². The minimum Gasteiger partial charge on any atom is -0.404 e. The van der Waals surface area contributed by atoms with E-state index in [1.807, 2.05) is 4.72 Å². The van der Waals surface area contributed by atoms with E-state index in [9.17, 15) is 21.6 Å². The third kappa shape index (κ3) is 4.69. The number of aliphatic hydroxyl groups is 1. The van der Waals surface area contributed by atoms with Crippen molar-refractivity contribution in [3.63, 3.8) is 0 Å². The van der Waals surface area contributed by atoms with Gasteiger partial charge >= 0.3 is 6.36 Å². The van der Waals surface area contributed by atoms with Crippen molar-refractivity contribution >= 4 is 10.0 Å². The number of nitrogens with one attached hydrogen (secondary N) is 1. The molecule has 19 heavy (non-hydrogen) atoms. The molecular formula is C10H12F3NO4S. The summed E-state index contributed by atoms with van der Waals surface area (Å²) in [7, 11) is -4.21. The topological polar surface area (TPSA) is 75.6 Å². The molecule has 1 aromatic rings. The van der Waals surface area contributed by atoms with Crippen molar-refractivity contribution in [3.05, 3.63) is 24.3 Å². The van der Waals surface area contributed by atoms with Crippen molar-refractivity contribution in [3.8, 4) is 5.75 Å². The molecule has 0 radical (unpaired) electrons. The molecular weight excluding hydrogens is 287 g/mol. The Kier molecular flexibility index (Phi) is 4.77. The number of alkyl halides is 3. The Bertz CT molecular complexity index is 530. The molecule has 1 aromatic carbocycles. The molecule has 0 fully saturated rings. The number of ether oxygens (including phenoxy) is 1. The Hall–Kier alpha value is -1.32. The van der Waals surface area contributed by atoms with Crippen molar-refractivity contribution < 1.29 is 31.4 Å². The molecule has 2 N–H and O–H groups in total. The van der Waals surface area contributed by atoms with Crippen LogP contribution in [0.5, 0.6) is 5.75 Å². The maximum absolute atomic E-state index is 12.2. The lowest BCUT2D eigenvalue weighted by Crippen LogP contribution is -2.35. The largest absolute Gasteiger partial charge is 0.573 e. The summed E-state index contributed by atoms with van der Waals surface area (Å²) in [5.41, 5.74) is 0. The van der Waals surface area contributed by atoms with Gasteiger partial charge in [-0.05, 0) is 19.1 Å². The van der Waals surface area contributed by atoms with Gasteiger partial charge in [0.25, 0.3) is 0 Å². The second kappa shape index (κ2) is 5.76. The van der Waals surface area contributed by atoms with E-state index < -0.39 is 39.7 Å². The van der Waals surface area contributed by atoms with E-state index in [0.29, 0.717) is 0 Å². The summed E-state index contributed by atoms with van der Waals surface area (Å²) in [5.74, 6) is -0.826. The summed E-state index contributed by atoms with van der Waals surface area (Å²) in [6.45, 7) is 0.881. The van der Waals surface area contributed by atoms with Crippen LogP contribution in [0.4, 0.5) is 13.2 Å². The molecule has 0 aromatic heterocycles. The van der Waals surface area contributed by atoms with Crippen LogP contribution in [0, 0.1) is 0 Å². The highest BCUT2D eigenvalue weighted by molar-refractivity contribution is 7.89. The van der Waals surface area contributed by atoms with Crippen molar-refractivity contribution in [2.45, 2.75) is 24.2 Å². The van der Waals surface area contributed by atoms with Crippen molar-refractivity contribution in [2.24, 2.45) is 0 Å². The number of hydrogen-bond acceptors (Lipinski definition) is 4. The normalized spacial score (nSPS) is 14.2. The number of halogens is 3. The highest BCUT2D eigenvalue weighted by Crippen LogP contribution is 2.29. The fraction of sp³-hybridized carbons (Fsp3) is 0.400. The molecule has 108 valence electrons. The Balaban J connectivity index is 3.13. The summed E-state index contributed by atoms with van der Waals surface area (Å²) < 4.78 is 65.8. The Labute approximate surface area is 108 Å². The molecule has 0 aliphatic heterocycles. The van der Waals surface area contributed by atoms with Gasteiger partial charge in [-0.15, -0.1) is 13.2 Å². The van der Waals surface area contributed by atoms with Gasteiger partial charge in [0.1, 0.15) is 10.6 Å². The first-order valence-electron chi connectivity index (χ1n) is 5.13. The lowest BCUT2D eigenvalue weighted by Gasteiger charge is -2.15. The van der Waals surface area contributed by atoms with Crippen LogP contribution in [0.1, 0.15) is 6.92 Å². The van der Waals surface area contributed by atoms with Crippen LogP contribution in [0.25, 0.3) is 0 Å². The minimum absolute atomic E-state index is 0.485. The number of benzene rings is 1. The van der Waals surface area contributed by atoms with Crippen LogP contribution < -0.4 is 9.46 Å². The SMILES string of the molecule is CC(CO)NS(=O)(=O)c1ccccc1OC(F)(F)F. The maximum atomic E-state index is 12.2. The average Bonchev–Trinajstić information content (AvgIpc) is 2.26. The van der Waals surface area contributed by atoms with E-state index in [4.69, 9.17) is 5.11 Å². The number of sulfonamides is 1. The first kappa shape index (κ1) is 15.7. The maximum Gasteiger partial charge on any atom is 0.573 e. The van der Waals surface area contributed by atoms with Crippen molar-refractivity contribution in [1.29, 1.82) is 0 Å². The summed E-state index contributed by atoms with van der Waals surface area (Å²) >= 11 is 0. The van der Waals surface area contributed by atoms with Gasteiger partial charge in [0.15, 0.2) is 0 Å². The van der Waals surface area contributed by atoms with Crippen LogP contribution in [0.2, 0.25) is 0 Å². The second-order valence-electron chi connectivity index (χ2n) is 3.70. The average molecular weight is 299 g/mol.